The number of benzene rings is 1. The molecule has 0 bridgehead atoms. The average Bonchev–Trinajstić information content (AvgIpc) is 2.27. The molecule has 82 valence electrons. The maximum atomic E-state index is 5.76. The van der Waals surface area contributed by atoms with E-state index < -0.39 is 0 Å². The van der Waals surface area contributed by atoms with E-state index in [-0.39, 0.29) is 6.10 Å². The molecule has 1 atom stereocenters. The fourth-order valence-corrected chi connectivity index (χ4v) is 2.31. The van der Waals surface area contributed by atoms with E-state index in [9.17, 15) is 0 Å². The molecule has 0 radical (unpaired) electrons. The maximum absolute atomic E-state index is 5.76. The minimum Gasteiger partial charge on any atom is -0.371 e. The molecule has 1 aromatic rings. The van der Waals surface area contributed by atoms with Gasteiger partial charge < -0.3 is 10.1 Å². The third-order valence-electron chi connectivity index (χ3n) is 2.90. The molecule has 1 N–H and O–H groups in total. The molecule has 0 spiro atoms. The molecular formula is C12H16BrNO. The van der Waals surface area contributed by atoms with Crippen molar-refractivity contribution in [1.29, 1.82) is 0 Å². The topological polar surface area (TPSA) is 21.3 Å². The van der Waals surface area contributed by atoms with Gasteiger partial charge in [-0.3, -0.25) is 0 Å². The predicted octanol–water partition coefficient (Wildman–Crippen LogP) is 2.73. The van der Waals surface area contributed by atoms with Gasteiger partial charge in [-0.05, 0) is 30.5 Å². The Bertz CT molecular complexity index is 359. The molecule has 0 aliphatic carbocycles. The highest BCUT2D eigenvalue weighted by molar-refractivity contribution is 9.10. The summed E-state index contributed by atoms with van der Waals surface area (Å²) in [6.07, 6.45) is 0.204. The lowest BCUT2D eigenvalue weighted by molar-refractivity contribution is 0.0273. The summed E-state index contributed by atoms with van der Waals surface area (Å²) in [5.41, 5.74) is 3.86. The third-order valence-corrected chi connectivity index (χ3v) is 4.12. The van der Waals surface area contributed by atoms with E-state index in [1.807, 2.05) is 0 Å². The lowest BCUT2D eigenvalue weighted by atomic mass is 10.0. The lowest BCUT2D eigenvalue weighted by Gasteiger charge is -2.26. The summed E-state index contributed by atoms with van der Waals surface area (Å²) in [5.74, 6) is 0. The molecule has 0 aromatic heterocycles. The molecule has 0 saturated carbocycles. The average molecular weight is 270 g/mol. The first-order chi connectivity index (χ1) is 7.20. The van der Waals surface area contributed by atoms with Crippen LogP contribution in [0, 0.1) is 13.8 Å². The summed E-state index contributed by atoms with van der Waals surface area (Å²) in [6, 6.07) is 4.32. The van der Waals surface area contributed by atoms with Crippen LogP contribution < -0.4 is 5.32 Å². The molecule has 1 unspecified atom stereocenters. The van der Waals surface area contributed by atoms with E-state index >= 15 is 0 Å². The number of hydrogen-bond acceptors (Lipinski definition) is 2. The number of hydrogen-bond donors (Lipinski definition) is 1. The van der Waals surface area contributed by atoms with Crippen molar-refractivity contribution in [3.8, 4) is 0 Å². The van der Waals surface area contributed by atoms with E-state index in [1.54, 1.807) is 0 Å². The highest BCUT2D eigenvalue weighted by atomic mass is 79.9. The second kappa shape index (κ2) is 4.64. The molecule has 1 aromatic carbocycles. The van der Waals surface area contributed by atoms with Gasteiger partial charge in [0.1, 0.15) is 0 Å². The molecule has 1 aliphatic rings. The van der Waals surface area contributed by atoms with Crippen molar-refractivity contribution >= 4 is 15.9 Å². The Balaban J connectivity index is 2.31. The van der Waals surface area contributed by atoms with Crippen LogP contribution in [0.15, 0.2) is 16.6 Å². The van der Waals surface area contributed by atoms with Gasteiger partial charge in [-0.25, -0.2) is 0 Å². The zero-order valence-corrected chi connectivity index (χ0v) is 10.7. The Morgan fingerprint density at radius 2 is 2.20 bits per heavy atom. The first-order valence-corrected chi connectivity index (χ1v) is 6.07. The summed E-state index contributed by atoms with van der Waals surface area (Å²) in [4.78, 5) is 0. The number of ether oxygens (including phenoxy) is 1. The van der Waals surface area contributed by atoms with E-state index in [0.29, 0.717) is 0 Å². The van der Waals surface area contributed by atoms with Gasteiger partial charge in [-0.2, -0.15) is 0 Å². The first kappa shape index (κ1) is 11.1. The van der Waals surface area contributed by atoms with Crippen LogP contribution in [0.5, 0.6) is 0 Å². The van der Waals surface area contributed by atoms with Crippen LogP contribution in [-0.2, 0) is 4.74 Å². The quantitative estimate of drug-likeness (QED) is 0.847. The Morgan fingerprint density at radius 1 is 1.40 bits per heavy atom. The number of nitrogens with one attached hydrogen (secondary N) is 1. The van der Waals surface area contributed by atoms with Crippen LogP contribution >= 0.6 is 15.9 Å². The number of rotatable bonds is 1. The van der Waals surface area contributed by atoms with Crippen LogP contribution in [-0.4, -0.2) is 19.7 Å². The van der Waals surface area contributed by atoms with Crippen molar-refractivity contribution < 1.29 is 4.74 Å². The standard InChI is InChI=1S/C12H16BrNO/c1-8-3-4-10(9(2)12(8)13)11-7-14-5-6-15-11/h3-4,11,14H,5-7H2,1-2H3. The highest BCUT2D eigenvalue weighted by Crippen LogP contribution is 2.29. The second-order valence-electron chi connectivity index (χ2n) is 3.97. The smallest absolute Gasteiger partial charge is 0.0952 e. The van der Waals surface area contributed by atoms with Crippen LogP contribution in [0.25, 0.3) is 0 Å². The Hall–Kier alpha value is -0.380. The fourth-order valence-electron chi connectivity index (χ4n) is 1.95. The summed E-state index contributed by atoms with van der Waals surface area (Å²) < 4.78 is 6.96. The van der Waals surface area contributed by atoms with Gasteiger partial charge >= 0.3 is 0 Å². The van der Waals surface area contributed by atoms with Gasteiger partial charge in [0.25, 0.3) is 0 Å². The van der Waals surface area contributed by atoms with Crippen LogP contribution in [0.2, 0.25) is 0 Å². The van der Waals surface area contributed by atoms with Crippen molar-refractivity contribution in [3.05, 3.63) is 33.3 Å². The monoisotopic (exact) mass is 269 g/mol. The molecule has 1 heterocycles. The summed E-state index contributed by atoms with van der Waals surface area (Å²) in [5, 5.41) is 3.35. The number of halogens is 1. The van der Waals surface area contributed by atoms with Crippen LogP contribution in [0.3, 0.4) is 0 Å². The second-order valence-corrected chi connectivity index (χ2v) is 4.77. The number of aryl methyl sites for hydroxylation is 1. The van der Waals surface area contributed by atoms with Gasteiger partial charge in [0.15, 0.2) is 0 Å². The Kier molecular flexibility index (Phi) is 3.44. The molecule has 1 saturated heterocycles. The van der Waals surface area contributed by atoms with Gasteiger partial charge in [0.2, 0.25) is 0 Å². The SMILES string of the molecule is Cc1ccc(C2CNCCO2)c(C)c1Br. The van der Waals surface area contributed by atoms with Crippen molar-refractivity contribution in [1.82, 2.24) is 5.32 Å². The zero-order chi connectivity index (χ0) is 10.8. The molecule has 15 heavy (non-hydrogen) atoms. The van der Waals surface area contributed by atoms with E-state index in [2.05, 4.69) is 47.2 Å². The Morgan fingerprint density at radius 3 is 2.87 bits per heavy atom. The molecule has 2 nitrogen and oxygen atoms in total. The molecule has 2 rings (SSSR count). The van der Waals surface area contributed by atoms with Gasteiger partial charge in [0.05, 0.1) is 12.7 Å². The fraction of sp³-hybridized carbons (Fsp3) is 0.500. The zero-order valence-electron chi connectivity index (χ0n) is 9.14. The molecular weight excluding hydrogens is 254 g/mol. The van der Waals surface area contributed by atoms with Crippen molar-refractivity contribution in [2.75, 3.05) is 19.7 Å². The maximum Gasteiger partial charge on any atom is 0.0952 e. The summed E-state index contributed by atoms with van der Waals surface area (Å²) >= 11 is 3.62. The third kappa shape index (κ3) is 2.25. The number of morpholine rings is 1. The lowest BCUT2D eigenvalue weighted by Crippen LogP contribution is -2.33. The molecule has 1 fully saturated rings. The molecule has 3 heteroatoms. The van der Waals surface area contributed by atoms with Crippen LogP contribution in [0.1, 0.15) is 22.8 Å². The molecule has 1 aliphatic heterocycles. The minimum atomic E-state index is 0.204. The Labute approximate surface area is 99.1 Å². The minimum absolute atomic E-state index is 0.204. The van der Waals surface area contributed by atoms with Gasteiger partial charge in [-0.15, -0.1) is 0 Å². The first-order valence-electron chi connectivity index (χ1n) is 5.28. The largest absolute Gasteiger partial charge is 0.371 e. The van der Waals surface area contributed by atoms with Gasteiger partial charge in [0, 0.05) is 17.6 Å². The summed E-state index contributed by atoms with van der Waals surface area (Å²) in [7, 11) is 0. The van der Waals surface area contributed by atoms with Gasteiger partial charge in [-0.1, -0.05) is 28.1 Å². The van der Waals surface area contributed by atoms with E-state index in [0.717, 1.165) is 19.7 Å². The summed E-state index contributed by atoms with van der Waals surface area (Å²) in [6.45, 7) is 6.93. The highest BCUT2D eigenvalue weighted by Gasteiger charge is 2.18. The van der Waals surface area contributed by atoms with Crippen molar-refractivity contribution in [2.24, 2.45) is 0 Å². The van der Waals surface area contributed by atoms with E-state index in [4.69, 9.17) is 4.74 Å². The molecule has 0 amide bonds. The predicted molar refractivity (Wildman–Crippen MR) is 65.2 cm³/mol. The van der Waals surface area contributed by atoms with Crippen LogP contribution in [0.4, 0.5) is 0 Å². The van der Waals surface area contributed by atoms with Crippen molar-refractivity contribution in [2.45, 2.75) is 20.0 Å². The van der Waals surface area contributed by atoms with E-state index in [1.165, 1.54) is 21.2 Å². The van der Waals surface area contributed by atoms with Crippen molar-refractivity contribution in [3.63, 3.8) is 0 Å². The normalized spacial score (nSPS) is 21.7.